The number of hydrogen-bond donors (Lipinski definition) is 1. The quantitative estimate of drug-likeness (QED) is 0.537. The molecule has 0 radical (unpaired) electrons. The Kier molecular flexibility index (Phi) is 4.73. The van der Waals surface area contributed by atoms with E-state index in [1.807, 2.05) is 31.3 Å². The van der Waals surface area contributed by atoms with Crippen LogP contribution in [0.15, 0.2) is 24.4 Å². The van der Waals surface area contributed by atoms with Gasteiger partial charge in [0.25, 0.3) is 0 Å². The normalized spacial score (nSPS) is 7.44. The van der Waals surface area contributed by atoms with Gasteiger partial charge in [-0.3, -0.25) is 0 Å². The lowest BCUT2D eigenvalue weighted by Crippen LogP contribution is -2.02. The Bertz CT molecular complexity index is 139. The van der Waals surface area contributed by atoms with E-state index < -0.39 is 0 Å². The number of pyridine rings is 1. The summed E-state index contributed by atoms with van der Waals surface area (Å²) in [5.41, 5.74) is 1.20. The monoisotopic (exact) mass is 126 g/mol. The maximum Gasteiger partial charge on any atom is 0.176 e. The molecule has 1 heterocycles. The van der Waals surface area contributed by atoms with Crippen molar-refractivity contribution in [1.82, 2.24) is 0 Å². The molecule has 0 aromatic carbocycles. The number of aliphatic hydroxyl groups excluding tert-OH is 1. The van der Waals surface area contributed by atoms with Crippen molar-refractivity contribution >= 4 is 0 Å². The first kappa shape index (κ1) is 8.11. The molecule has 0 spiro atoms. The van der Waals surface area contributed by atoms with Gasteiger partial charge in [-0.25, -0.2) is 4.98 Å². The molecule has 1 aromatic rings. The highest BCUT2D eigenvalue weighted by Gasteiger charge is 1.81. The topological polar surface area (TPSA) is 34.4 Å². The van der Waals surface area contributed by atoms with Gasteiger partial charge >= 0.3 is 0 Å². The van der Waals surface area contributed by atoms with Gasteiger partial charge in [0.05, 0.1) is 0 Å². The molecular weight excluding hydrogens is 114 g/mol. The lowest BCUT2D eigenvalue weighted by Gasteiger charge is -1.74. The van der Waals surface area contributed by atoms with E-state index in [0.29, 0.717) is 0 Å². The standard InChI is InChI=1S/C6H7N.CH4O/c1-6-4-2-3-5-7-6;1-2/h2-5H,1H3;2H,1H3/p+1. The molecule has 50 valence electrons. The van der Waals surface area contributed by atoms with Crippen LogP contribution in [0.5, 0.6) is 0 Å². The van der Waals surface area contributed by atoms with E-state index in [0.717, 1.165) is 7.11 Å². The Labute approximate surface area is 55.2 Å². The van der Waals surface area contributed by atoms with Crippen molar-refractivity contribution < 1.29 is 10.1 Å². The van der Waals surface area contributed by atoms with Crippen LogP contribution in [0, 0.1) is 6.92 Å². The third-order valence-corrected chi connectivity index (χ3v) is 0.865. The van der Waals surface area contributed by atoms with Crippen LogP contribution in [-0.2, 0) is 0 Å². The molecule has 0 aliphatic rings. The summed E-state index contributed by atoms with van der Waals surface area (Å²) in [6.45, 7) is 2.03. The molecule has 0 saturated heterocycles. The molecule has 0 aliphatic carbocycles. The highest BCUT2D eigenvalue weighted by Crippen LogP contribution is 1.80. The molecule has 2 nitrogen and oxygen atoms in total. The molecule has 2 heteroatoms. The van der Waals surface area contributed by atoms with Crippen molar-refractivity contribution in [3.05, 3.63) is 30.1 Å². The van der Waals surface area contributed by atoms with Gasteiger partial charge in [-0.2, -0.15) is 0 Å². The van der Waals surface area contributed by atoms with E-state index in [-0.39, 0.29) is 0 Å². The van der Waals surface area contributed by atoms with Crippen LogP contribution in [0.25, 0.3) is 0 Å². The molecule has 0 unspecified atom stereocenters. The van der Waals surface area contributed by atoms with Crippen LogP contribution < -0.4 is 4.98 Å². The molecule has 0 fully saturated rings. The lowest BCUT2D eigenvalue weighted by molar-refractivity contribution is -0.387. The first-order valence-electron chi connectivity index (χ1n) is 2.77. The predicted octanol–water partition coefficient (Wildman–Crippen LogP) is 0.418. The minimum Gasteiger partial charge on any atom is -0.400 e. The number of nitrogens with one attached hydrogen (secondary N) is 1. The lowest BCUT2D eigenvalue weighted by atomic mass is 10.4. The largest absolute Gasteiger partial charge is 0.400 e. The molecule has 2 N–H and O–H groups in total. The molecule has 0 atom stereocenters. The number of aryl methyl sites for hydroxylation is 1. The van der Waals surface area contributed by atoms with Gasteiger partial charge in [-0.05, 0) is 0 Å². The van der Waals surface area contributed by atoms with Gasteiger partial charge in [-0.15, -0.1) is 0 Å². The number of aromatic nitrogens is 1. The van der Waals surface area contributed by atoms with Crippen molar-refractivity contribution in [2.24, 2.45) is 0 Å². The van der Waals surface area contributed by atoms with Gasteiger partial charge in [0.15, 0.2) is 11.9 Å². The highest BCUT2D eigenvalue weighted by atomic mass is 16.2. The van der Waals surface area contributed by atoms with Crippen molar-refractivity contribution in [3.8, 4) is 0 Å². The zero-order valence-electron chi connectivity index (χ0n) is 5.76. The first-order chi connectivity index (χ1) is 4.39. The highest BCUT2D eigenvalue weighted by molar-refractivity contribution is 4.92. The first-order valence-corrected chi connectivity index (χ1v) is 2.77. The van der Waals surface area contributed by atoms with Crippen molar-refractivity contribution in [3.63, 3.8) is 0 Å². The van der Waals surface area contributed by atoms with Gasteiger partial charge in [0, 0.05) is 26.2 Å². The summed E-state index contributed by atoms with van der Waals surface area (Å²) in [7, 11) is 1.00. The third kappa shape index (κ3) is 3.67. The van der Waals surface area contributed by atoms with Gasteiger partial charge in [-0.1, -0.05) is 6.07 Å². The number of H-pyrrole nitrogens is 1. The number of aliphatic hydroxyl groups is 1. The molecule has 1 rings (SSSR count). The van der Waals surface area contributed by atoms with E-state index in [2.05, 4.69) is 4.98 Å². The van der Waals surface area contributed by atoms with Crippen molar-refractivity contribution in [2.45, 2.75) is 6.92 Å². The summed E-state index contributed by atoms with van der Waals surface area (Å²) in [5, 5.41) is 7.00. The summed E-state index contributed by atoms with van der Waals surface area (Å²) in [5.74, 6) is 0. The number of hydrogen-bond acceptors (Lipinski definition) is 1. The average molecular weight is 126 g/mol. The van der Waals surface area contributed by atoms with Gasteiger partial charge < -0.3 is 5.11 Å². The maximum absolute atomic E-state index is 7.00. The average Bonchev–Trinajstić information content (AvgIpc) is 1.94. The minimum atomic E-state index is 1.00. The summed E-state index contributed by atoms with van der Waals surface area (Å²) < 4.78 is 0. The van der Waals surface area contributed by atoms with E-state index >= 15 is 0 Å². The fourth-order valence-electron chi connectivity index (χ4n) is 0.483. The number of rotatable bonds is 0. The summed E-state index contributed by atoms with van der Waals surface area (Å²) in [4.78, 5) is 3.03. The molecule has 9 heavy (non-hydrogen) atoms. The zero-order valence-corrected chi connectivity index (χ0v) is 5.76. The minimum absolute atomic E-state index is 1.00. The molecule has 1 aromatic heterocycles. The molecule has 0 bridgehead atoms. The fourth-order valence-corrected chi connectivity index (χ4v) is 0.483. The number of aromatic amines is 1. The second-order valence-electron chi connectivity index (χ2n) is 1.55. The Morgan fingerprint density at radius 1 is 1.33 bits per heavy atom. The summed E-state index contributed by atoms with van der Waals surface area (Å²) >= 11 is 0. The van der Waals surface area contributed by atoms with Crippen LogP contribution in [0.2, 0.25) is 0 Å². The third-order valence-electron chi connectivity index (χ3n) is 0.865. The Balaban J connectivity index is 0.000000291. The summed E-state index contributed by atoms with van der Waals surface area (Å²) in [6, 6.07) is 6.00. The molecule has 0 amide bonds. The fraction of sp³-hybridized carbons (Fsp3) is 0.286. The van der Waals surface area contributed by atoms with Gasteiger partial charge in [0.2, 0.25) is 0 Å². The molecule has 0 aliphatic heterocycles. The summed E-state index contributed by atoms with van der Waals surface area (Å²) in [6.07, 6.45) is 1.91. The van der Waals surface area contributed by atoms with Crippen LogP contribution >= 0.6 is 0 Å². The SMILES string of the molecule is CO.Cc1cccc[nH+]1. The van der Waals surface area contributed by atoms with Crippen LogP contribution in [0.1, 0.15) is 5.69 Å². The Morgan fingerprint density at radius 2 is 2.00 bits per heavy atom. The molecular formula is C7H12NO+. The van der Waals surface area contributed by atoms with E-state index in [4.69, 9.17) is 5.11 Å². The van der Waals surface area contributed by atoms with Gasteiger partial charge in [0.1, 0.15) is 0 Å². The smallest absolute Gasteiger partial charge is 0.176 e. The van der Waals surface area contributed by atoms with Crippen molar-refractivity contribution in [2.75, 3.05) is 7.11 Å². The zero-order chi connectivity index (χ0) is 7.11. The van der Waals surface area contributed by atoms with E-state index in [1.165, 1.54) is 5.69 Å². The van der Waals surface area contributed by atoms with Crippen LogP contribution in [0.4, 0.5) is 0 Å². The Hall–Kier alpha value is -0.890. The van der Waals surface area contributed by atoms with E-state index in [1.54, 1.807) is 0 Å². The van der Waals surface area contributed by atoms with Crippen molar-refractivity contribution in [1.29, 1.82) is 0 Å². The van der Waals surface area contributed by atoms with Crippen LogP contribution in [0.3, 0.4) is 0 Å². The van der Waals surface area contributed by atoms with Crippen LogP contribution in [-0.4, -0.2) is 12.2 Å². The molecule has 0 saturated carbocycles. The second-order valence-corrected chi connectivity index (χ2v) is 1.55. The Morgan fingerprint density at radius 3 is 2.22 bits per heavy atom. The van der Waals surface area contributed by atoms with E-state index in [9.17, 15) is 0 Å². The predicted molar refractivity (Wildman–Crippen MR) is 35.9 cm³/mol. The second kappa shape index (κ2) is 5.25. The maximum atomic E-state index is 7.00.